The maximum atomic E-state index is 4.01. The number of hydrazine groups is 1. The summed E-state index contributed by atoms with van der Waals surface area (Å²) in [5.41, 5.74) is 4.84. The van der Waals surface area contributed by atoms with Crippen molar-refractivity contribution < 1.29 is 0 Å². The van der Waals surface area contributed by atoms with E-state index in [4.69, 9.17) is 0 Å². The third-order valence-corrected chi connectivity index (χ3v) is 2.85. The van der Waals surface area contributed by atoms with Gasteiger partial charge in [0, 0.05) is 32.0 Å². The Bertz CT molecular complexity index is 267. The zero-order chi connectivity index (χ0) is 10.3. The van der Waals surface area contributed by atoms with Crippen LogP contribution in [0.2, 0.25) is 0 Å². The van der Waals surface area contributed by atoms with Gasteiger partial charge in [0.2, 0.25) is 0 Å². The lowest BCUT2D eigenvalue weighted by Gasteiger charge is -2.27. The van der Waals surface area contributed by atoms with E-state index in [1.807, 2.05) is 12.4 Å². The molecule has 0 aliphatic carbocycles. The van der Waals surface area contributed by atoms with Crippen molar-refractivity contribution in [3.63, 3.8) is 0 Å². The lowest BCUT2D eigenvalue weighted by atomic mass is 10.2. The molecule has 1 aromatic heterocycles. The maximum Gasteiger partial charge on any atom is 0.0270 e. The van der Waals surface area contributed by atoms with Gasteiger partial charge in [-0.05, 0) is 37.0 Å². The largest absolute Gasteiger partial charge is 0.265 e. The molecule has 0 bridgehead atoms. The number of nitrogens with one attached hydrogen (secondary N) is 1. The molecule has 2 rings (SSSR count). The summed E-state index contributed by atoms with van der Waals surface area (Å²) in [6.07, 6.45) is 8.86. The van der Waals surface area contributed by atoms with Crippen molar-refractivity contribution in [2.24, 2.45) is 0 Å². The Morgan fingerprint density at radius 3 is 2.60 bits per heavy atom. The molecule has 1 aliphatic heterocycles. The van der Waals surface area contributed by atoms with Crippen molar-refractivity contribution in [3.05, 3.63) is 30.1 Å². The van der Waals surface area contributed by atoms with Crippen LogP contribution < -0.4 is 5.43 Å². The molecule has 82 valence electrons. The van der Waals surface area contributed by atoms with Crippen LogP contribution in [0.1, 0.15) is 24.8 Å². The van der Waals surface area contributed by atoms with Crippen LogP contribution in [0, 0.1) is 0 Å². The van der Waals surface area contributed by atoms with Gasteiger partial charge in [0.05, 0.1) is 0 Å². The van der Waals surface area contributed by atoms with Crippen molar-refractivity contribution in [3.8, 4) is 0 Å². The first-order valence-corrected chi connectivity index (χ1v) is 5.82. The highest BCUT2D eigenvalue weighted by atomic mass is 15.5. The summed E-state index contributed by atoms with van der Waals surface area (Å²) in [7, 11) is 0. The van der Waals surface area contributed by atoms with Gasteiger partial charge in [-0.3, -0.25) is 10.4 Å². The lowest BCUT2D eigenvalue weighted by Crippen LogP contribution is -2.42. The van der Waals surface area contributed by atoms with Crippen LogP contribution in [0.15, 0.2) is 24.5 Å². The van der Waals surface area contributed by atoms with E-state index in [1.54, 1.807) is 0 Å². The Morgan fingerprint density at radius 2 is 1.87 bits per heavy atom. The number of nitrogens with zero attached hydrogens (tertiary/aromatic N) is 2. The van der Waals surface area contributed by atoms with E-state index in [2.05, 4.69) is 27.6 Å². The van der Waals surface area contributed by atoms with Gasteiger partial charge < -0.3 is 0 Å². The van der Waals surface area contributed by atoms with Crippen LogP contribution >= 0.6 is 0 Å². The normalized spacial score (nSPS) is 17.9. The van der Waals surface area contributed by atoms with Crippen molar-refractivity contribution in [1.82, 2.24) is 15.4 Å². The van der Waals surface area contributed by atoms with Crippen LogP contribution in [-0.4, -0.2) is 29.6 Å². The summed E-state index contributed by atoms with van der Waals surface area (Å²) in [6.45, 7) is 3.44. The summed E-state index contributed by atoms with van der Waals surface area (Å²) >= 11 is 0. The molecule has 1 aromatic rings. The second kappa shape index (κ2) is 5.83. The molecule has 15 heavy (non-hydrogen) atoms. The number of rotatable bonds is 4. The quantitative estimate of drug-likeness (QED) is 0.809. The molecular weight excluding hydrogens is 186 g/mol. The summed E-state index contributed by atoms with van der Waals surface area (Å²) in [5.74, 6) is 0. The van der Waals surface area contributed by atoms with Crippen molar-refractivity contribution >= 4 is 0 Å². The van der Waals surface area contributed by atoms with Crippen LogP contribution in [0.3, 0.4) is 0 Å². The first kappa shape index (κ1) is 10.6. The molecular formula is C12H19N3. The molecule has 0 aromatic carbocycles. The Kier molecular flexibility index (Phi) is 4.11. The predicted octanol–water partition coefficient (Wildman–Crippen LogP) is 1.61. The average molecular weight is 205 g/mol. The van der Waals surface area contributed by atoms with Crippen LogP contribution in [0.4, 0.5) is 0 Å². The Labute approximate surface area is 91.5 Å². The van der Waals surface area contributed by atoms with Crippen molar-refractivity contribution in [1.29, 1.82) is 0 Å². The summed E-state index contributed by atoms with van der Waals surface area (Å²) < 4.78 is 0. The van der Waals surface area contributed by atoms with Crippen LogP contribution in [0.25, 0.3) is 0 Å². The highest BCUT2D eigenvalue weighted by molar-refractivity contribution is 5.09. The van der Waals surface area contributed by atoms with Gasteiger partial charge in [0.15, 0.2) is 0 Å². The number of pyridine rings is 1. The van der Waals surface area contributed by atoms with Crippen molar-refractivity contribution in [2.45, 2.75) is 25.7 Å². The van der Waals surface area contributed by atoms with Gasteiger partial charge in [0.1, 0.15) is 0 Å². The van der Waals surface area contributed by atoms with Gasteiger partial charge >= 0.3 is 0 Å². The average Bonchev–Trinajstić information content (AvgIpc) is 2.32. The highest BCUT2D eigenvalue weighted by Gasteiger charge is 2.08. The first-order valence-electron chi connectivity index (χ1n) is 5.82. The second-order valence-electron chi connectivity index (χ2n) is 4.06. The fraction of sp³-hybridized carbons (Fsp3) is 0.583. The third-order valence-electron chi connectivity index (χ3n) is 2.85. The molecule has 3 heteroatoms. The fourth-order valence-corrected chi connectivity index (χ4v) is 1.96. The predicted molar refractivity (Wildman–Crippen MR) is 61.4 cm³/mol. The minimum atomic E-state index is 1.03. The third kappa shape index (κ3) is 3.61. The molecule has 0 unspecified atom stereocenters. The molecule has 1 saturated heterocycles. The molecule has 0 amide bonds. The molecule has 1 N–H and O–H groups in total. The Hall–Kier alpha value is -0.930. The standard InChI is InChI=1S/C12H19N3/c1-2-10-15(11-3-1)14-9-6-12-4-7-13-8-5-12/h4-5,7-8,14H,1-3,6,9-11H2. The van der Waals surface area contributed by atoms with Crippen LogP contribution in [-0.2, 0) is 6.42 Å². The highest BCUT2D eigenvalue weighted by Crippen LogP contribution is 2.05. The zero-order valence-corrected chi connectivity index (χ0v) is 9.15. The van der Waals surface area contributed by atoms with Gasteiger partial charge in [-0.25, -0.2) is 5.01 Å². The van der Waals surface area contributed by atoms with Crippen LogP contribution in [0.5, 0.6) is 0 Å². The summed E-state index contributed by atoms with van der Waals surface area (Å²) in [6, 6.07) is 4.16. The second-order valence-corrected chi connectivity index (χ2v) is 4.06. The molecule has 0 atom stereocenters. The Balaban J connectivity index is 1.66. The monoisotopic (exact) mass is 205 g/mol. The number of aromatic nitrogens is 1. The number of hydrogen-bond acceptors (Lipinski definition) is 3. The molecule has 0 saturated carbocycles. The van der Waals surface area contributed by atoms with Gasteiger partial charge in [-0.1, -0.05) is 6.42 Å². The molecule has 0 spiro atoms. The summed E-state index contributed by atoms with van der Waals surface area (Å²) in [5, 5.41) is 2.35. The van der Waals surface area contributed by atoms with Crippen molar-refractivity contribution in [2.75, 3.05) is 19.6 Å². The van der Waals surface area contributed by atoms with Gasteiger partial charge in [0.25, 0.3) is 0 Å². The van der Waals surface area contributed by atoms with Gasteiger partial charge in [-0.2, -0.15) is 0 Å². The summed E-state index contributed by atoms with van der Waals surface area (Å²) in [4.78, 5) is 4.01. The van der Waals surface area contributed by atoms with E-state index >= 15 is 0 Å². The number of hydrogen-bond donors (Lipinski definition) is 1. The minimum absolute atomic E-state index is 1.03. The Morgan fingerprint density at radius 1 is 1.13 bits per heavy atom. The molecule has 0 radical (unpaired) electrons. The topological polar surface area (TPSA) is 28.2 Å². The molecule has 1 aliphatic rings. The minimum Gasteiger partial charge on any atom is -0.265 e. The van der Waals surface area contributed by atoms with E-state index < -0.39 is 0 Å². The SMILES string of the molecule is c1cc(CCNN2CCCCC2)ccn1. The molecule has 2 heterocycles. The van der Waals surface area contributed by atoms with E-state index in [9.17, 15) is 0 Å². The molecule has 3 nitrogen and oxygen atoms in total. The first-order chi connectivity index (χ1) is 7.45. The van der Waals surface area contributed by atoms with E-state index in [1.165, 1.54) is 37.9 Å². The van der Waals surface area contributed by atoms with E-state index in [0.717, 1.165) is 13.0 Å². The fourth-order valence-electron chi connectivity index (χ4n) is 1.96. The smallest absolute Gasteiger partial charge is 0.0270 e. The number of piperidine rings is 1. The molecule has 1 fully saturated rings. The zero-order valence-electron chi connectivity index (χ0n) is 9.15. The van der Waals surface area contributed by atoms with Gasteiger partial charge in [-0.15, -0.1) is 0 Å². The van der Waals surface area contributed by atoms with E-state index in [0.29, 0.717) is 0 Å². The van der Waals surface area contributed by atoms with E-state index in [-0.39, 0.29) is 0 Å². The lowest BCUT2D eigenvalue weighted by molar-refractivity contribution is 0.155. The maximum absolute atomic E-state index is 4.01.